The fraction of sp³-hybridized carbons (Fsp3) is 0.500. The van der Waals surface area contributed by atoms with E-state index in [1.54, 1.807) is 13.0 Å². The Hall–Kier alpha value is -2.09. The molecule has 0 saturated carbocycles. The van der Waals surface area contributed by atoms with E-state index in [-0.39, 0.29) is 18.0 Å². The van der Waals surface area contributed by atoms with Crippen LogP contribution < -0.4 is 10.6 Å². The van der Waals surface area contributed by atoms with E-state index in [4.69, 9.17) is 5.26 Å². The molecule has 5 nitrogen and oxygen atoms in total. The summed E-state index contributed by atoms with van der Waals surface area (Å²) in [5.41, 5.74) is 2.35. The van der Waals surface area contributed by atoms with Gasteiger partial charge in [0.2, 0.25) is 5.91 Å². The molecule has 0 fully saturated rings. The summed E-state index contributed by atoms with van der Waals surface area (Å²) in [6.07, 6.45) is 0. The minimum atomic E-state index is -0.263. The average molecular weight is 260 g/mol. The monoisotopic (exact) mass is 260 g/mol. The quantitative estimate of drug-likeness (QED) is 0.870. The van der Waals surface area contributed by atoms with E-state index in [2.05, 4.69) is 21.7 Å². The Morgan fingerprint density at radius 2 is 2.05 bits per heavy atom. The second-order valence-electron chi connectivity index (χ2n) is 5.54. The third-order valence-corrected chi connectivity index (χ3v) is 2.39. The zero-order chi connectivity index (χ0) is 14.6. The van der Waals surface area contributed by atoms with Gasteiger partial charge in [-0.25, -0.2) is 0 Å². The number of carbonyl (C=O) groups excluding carboxylic acids is 1. The van der Waals surface area contributed by atoms with Crippen LogP contribution in [-0.2, 0) is 4.79 Å². The van der Waals surface area contributed by atoms with Gasteiger partial charge in [0.15, 0.2) is 0 Å². The summed E-state index contributed by atoms with van der Waals surface area (Å²) in [6.45, 7) is 9.54. The van der Waals surface area contributed by atoms with Crippen molar-refractivity contribution in [3.63, 3.8) is 0 Å². The van der Waals surface area contributed by atoms with Crippen molar-refractivity contribution in [2.24, 2.45) is 0 Å². The molecule has 1 aromatic rings. The van der Waals surface area contributed by atoms with Gasteiger partial charge < -0.3 is 10.6 Å². The highest BCUT2D eigenvalue weighted by Gasteiger charge is 2.14. The maximum Gasteiger partial charge on any atom is 0.239 e. The molecule has 1 heterocycles. The SMILES string of the molecule is Cc1cc(NCC(=O)NC(C)(C)C)c(C#N)c(C)n1. The summed E-state index contributed by atoms with van der Waals surface area (Å²) in [5.74, 6) is -0.108. The van der Waals surface area contributed by atoms with Crippen LogP contribution in [0.3, 0.4) is 0 Å². The van der Waals surface area contributed by atoms with Crippen LogP contribution in [0.15, 0.2) is 6.07 Å². The average Bonchev–Trinajstić information content (AvgIpc) is 2.23. The highest BCUT2D eigenvalue weighted by atomic mass is 16.2. The van der Waals surface area contributed by atoms with E-state index in [1.165, 1.54) is 0 Å². The smallest absolute Gasteiger partial charge is 0.239 e. The van der Waals surface area contributed by atoms with Crippen molar-refractivity contribution < 1.29 is 4.79 Å². The first-order valence-electron chi connectivity index (χ1n) is 6.16. The molecule has 1 rings (SSSR count). The van der Waals surface area contributed by atoms with Gasteiger partial charge in [-0.15, -0.1) is 0 Å². The Morgan fingerprint density at radius 3 is 2.58 bits per heavy atom. The van der Waals surface area contributed by atoms with Crippen LogP contribution in [0, 0.1) is 25.2 Å². The number of hydrogen-bond acceptors (Lipinski definition) is 4. The summed E-state index contributed by atoms with van der Waals surface area (Å²) in [5, 5.41) is 15.0. The van der Waals surface area contributed by atoms with E-state index >= 15 is 0 Å². The van der Waals surface area contributed by atoms with E-state index in [0.29, 0.717) is 16.9 Å². The molecule has 102 valence electrons. The van der Waals surface area contributed by atoms with Crippen LogP contribution in [0.1, 0.15) is 37.7 Å². The Morgan fingerprint density at radius 1 is 1.42 bits per heavy atom. The van der Waals surface area contributed by atoms with Crippen LogP contribution >= 0.6 is 0 Å². The number of hydrogen-bond donors (Lipinski definition) is 2. The molecule has 0 bridgehead atoms. The van der Waals surface area contributed by atoms with E-state index in [9.17, 15) is 4.79 Å². The van der Waals surface area contributed by atoms with Crippen molar-refractivity contribution in [1.29, 1.82) is 5.26 Å². The maximum absolute atomic E-state index is 11.7. The predicted molar refractivity (Wildman–Crippen MR) is 74.8 cm³/mol. The van der Waals surface area contributed by atoms with Crippen LogP contribution in [0.5, 0.6) is 0 Å². The molecular weight excluding hydrogens is 240 g/mol. The van der Waals surface area contributed by atoms with Gasteiger partial charge in [-0.2, -0.15) is 5.26 Å². The number of pyridine rings is 1. The lowest BCUT2D eigenvalue weighted by molar-refractivity contribution is -0.120. The van der Waals surface area contributed by atoms with Gasteiger partial charge >= 0.3 is 0 Å². The molecule has 1 amide bonds. The summed E-state index contributed by atoms with van der Waals surface area (Å²) in [6, 6.07) is 3.88. The number of nitrogens with zero attached hydrogens (tertiary/aromatic N) is 2. The molecule has 19 heavy (non-hydrogen) atoms. The largest absolute Gasteiger partial charge is 0.375 e. The predicted octanol–water partition coefficient (Wildman–Crippen LogP) is 1.90. The highest BCUT2D eigenvalue weighted by molar-refractivity contribution is 5.82. The summed E-state index contributed by atoms with van der Waals surface area (Å²) in [7, 11) is 0. The van der Waals surface area contributed by atoms with Crippen LogP contribution in [0.25, 0.3) is 0 Å². The Kier molecular flexibility index (Phi) is 4.49. The fourth-order valence-electron chi connectivity index (χ4n) is 1.75. The van der Waals surface area contributed by atoms with Crippen molar-refractivity contribution >= 4 is 11.6 Å². The van der Waals surface area contributed by atoms with E-state index < -0.39 is 0 Å². The van der Waals surface area contributed by atoms with Gasteiger partial charge in [0, 0.05) is 11.2 Å². The van der Waals surface area contributed by atoms with E-state index in [1.807, 2.05) is 27.7 Å². The van der Waals surface area contributed by atoms with Gasteiger partial charge in [0.1, 0.15) is 6.07 Å². The van der Waals surface area contributed by atoms with Gasteiger partial charge in [-0.05, 0) is 40.7 Å². The van der Waals surface area contributed by atoms with Crippen molar-refractivity contribution in [3.8, 4) is 6.07 Å². The van der Waals surface area contributed by atoms with Gasteiger partial charge in [0.25, 0.3) is 0 Å². The molecule has 0 unspecified atom stereocenters. The first-order valence-corrected chi connectivity index (χ1v) is 6.16. The zero-order valence-corrected chi connectivity index (χ0v) is 12.1. The van der Waals surface area contributed by atoms with Crippen LogP contribution in [0.2, 0.25) is 0 Å². The number of nitrogens with one attached hydrogen (secondary N) is 2. The Labute approximate surface area is 114 Å². The number of aryl methyl sites for hydroxylation is 2. The number of carbonyl (C=O) groups is 1. The van der Waals surface area contributed by atoms with Crippen molar-refractivity contribution in [3.05, 3.63) is 23.0 Å². The van der Waals surface area contributed by atoms with Gasteiger partial charge in [-0.3, -0.25) is 9.78 Å². The molecule has 0 aliphatic rings. The zero-order valence-electron chi connectivity index (χ0n) is 12.1. The fourth-order valence-corrected chi connectivity index (χ4v) is 1.75. The van der Waals surface area contributed by atoms with Crippen LogP contribution in [0.4, 0.5) is 5.69 Å². The Bertz CT molecular complexity index is 523. The molecule has 0 spiro atoms. The third-order valence-electron chi connectivity index (χ3n) is 2.39. The molecule has 0 aromatic carbocycles. The summed E-state index contributed by atoms with van der Waals surface area (Å²) < 4.78 is 0. The first-order chi connectivity index (χ1) is 8.73. The first kappa shape index (κ1) is 15.0. The van der Waals surface area contributed by atoms with Gasteiger partial charge in [-0.1, -0.05) is 0 Å². The van der Waals surface area contributed by atoms with Crippen molar-refractivity contribution in [1.82, 2.24) is 10.3 Å². The standard InChI is InChI=1S/C14H20N4O/c1-9-6-12(11(7-15)10(2)17-9)16-8-13(19)18-14(3,4)5/h6H,8H2,1-5H3,(H,16,17)(H,18,19). The molecule has 0 atom stereocenters. The number of anilines is 1. The molecule has 1 aromatic heterocycles. The minimum absolute atomic E-state index is 0.108. The summed E-state index contributed by atoms with van der Waals surface area (Å²) >= 11 is 0. The van der Waals surface area contributed by atoms with E-state index in [0.717, 1.165) is 5.69 Å². The maximum atomic E-state index is 11.7. The summed E-state index contributed by atoms with van der Waals surface area (Å²) in [4.78, 5) is 16.0. The highest BCUT2D eigenvalue weighted by Crippen LogP contribution is 2.18. The number of nitriles is 1. The molecule has 0 aliphatic heterocycles. The molecule has 0 radical (unpaired) electrons. The van der Waals surface area contributed by atoms with Gasteiger partial charge in [0.05, 0.1) is 23.5 Å². The number of rotatable bonds is 3. The lowest BCUT2D eigenvalue weighted by Crippen LogP contribution is -2.43. The molecule has 0 saturated heterocycles. The third kappa shape index (κ3) is 4.59. The Balaban J connectivity index is 2.79. The normalized spacial score (nSPS) is 10.7. The lowest BCUT2D eigenvalue weighted by atomic mass is 10.1. The number of aromatic nitrogens is 1. The topological polar surface area (TPSA) is 77.8 Å². The van der Waals surface area contributed by atoms with Crippen molar-refractivity contribution in [2.45, 2.75) is 40.2 Å². The second kappa shape index (κ2) is 5.70. The minimum Gasteiger partial charge on any atom is -0.375 e. The molecular formula is C14H20N4O. The number of amides is 1. The molecule has 5 heteroatoms. The van der Waals surface area contributed by atoms with Crippen molar-refractivity contribution in [2.75, 3.05) is 11.9 Å². The van der Waals surface area contributed by atoms with Crippen LogP contribution in [-0.4, -0.2) is 23.0 Å². The molecule has 2 N–H and O–H groups in total. The second-order valence-corrected chi connectivity index (χ2v) is 5.54. The lowest BCUT2D eigenvalue weighted by Gasteiger charge is -2.21. The molecule has 0 aliphatic carbocycles.